The third kappa shape index (κ3) is 5.17. The highest BCUT2D eigenvalue weighted by atomic mass is 19.1. The first-order valence-corrected chi connectivity index (χ1v) is 10.5. The van der Waals surface area contributed by atoms with Crippen molar-refractivity contribution in [3.05, 3.63) is 89.5 Å². The van der Waals surface area contributed by atoms with Gasteiger partial charge in [0, 0.05) is 43.5 Å². The molecule has 0 radical (unpaired) electrons. The number of amides is 2. The van der Waals surface area contributed by atoms with E-state index < -0.39 is 0 Å². The van der Waals surface area contributed by atoms with Crippen molar-refractivity contribution in [2.24, 2.45) is 5.92 Å². The van der Waals surface area contributed by atoms with Crippen molar-refractivity contribution < 1.29 is 14.0 Å². The Morgan fingerprint density at radius 2 is 1.71 bits per heavy atom. The van der Waals surface area contributed by atoms with E-state index in [0.717, 1.165) is 11.1 Å². The Balaban J connectivity index is 1.29. The molecule has 1 N–H and O–H groups in total. The second-order valence-electron chi connectivity index (χ2n) is 7.76. The van der Waals surface area contributed by atoms with Crippen molar-refractivity contribution in [3.63, 3.8) is 0 Å². The molecule has 3 aromatic rings. The third-order valence-electron chi connectivity index (χ3n) is 5.71. The normalized spacial score (nSPS) is 14.4. The molecule has 0 saturated carbocycles. The lowest BCUT2D eigenvalue weighted by Crippen LogP contribution is -2.43. The van der Waals surface area contributed by atoms with E-state index in [-0.39, 0.29) is 23.5 Å². The lowest BCUT2D eigenvalue weighted by Gasteiger charge is -2.31. The van der Waals surface area contributed by atoms with Crippen LogP contribution in [0.5, 0.6) is 0 Å². The molecule has 0 spiro atoms. The van der Waals surface area contributed by atoms with Gasteiger partial charge in [-0.15, -0.1) is 0 Å². The number of nitrogens with zero attached hydrogens (tertiary/aromatic N) is 3. The number of carbonyl (C=O) groups is 2. The van der Waals surface area contributed by atoms with Crippen molar-refractivity contribution in [1.82, 2.24) is 20.0 Å². The Morgan fingerprint density at radius 1 is 1.00 bits per heavy atom. The van der Waals surface area contributed by atoms with E-state index in [1.54, 1.807) is 11.1 Å². The van der Waals surface area contributed by atoms with Crippen LogP contribution < -0.4 is 5.32 Å². The SMILES string of the molecule is O=C(NCc1ccccc1Cn1cccn1)C1CCN(C(=O)c2ccc(F)cc2)CC1. The zero-order valence-corrected chi connectivity index (χ0v) is 17.2. The molecule has 2 amide bonds. The van der Waals surface area contributed by atoms with Crippen LogP contribution in [0.2, 0.25) is 0 Å². The van der Waals surface area contributed by atoms with Gasteiger partial charge in [-0.1, -0.05) is 24.3 Å². The maximum atomic E-state index is 13.1. The zero-order chi connectivity index (χ0) is 21.6. The standard InChI is InChI=1S/C24H25FN4O2/c25-22-8-6-19(7-9-22)24(31)28-14-10-18(11-15-28)23(30)26-16-20-4-1-2-5-21(20)17-29-13-3-12-27-29/h1-9,12-13,18H,10-11,14-17H2,(H,26,30). The predicted octanol–water partition coefficient (Wildman–Crippen LogP) is 3.24. The fourth-order valence-electron chi connectivity index (χ4n) is 3.90. The summed E-state index contributed by atoms with van der Waals surface area (Å²) in [6.07, 6.45) is 4.90. The maximum Gasteiger partial charge on any atom is 0.253 e. The number of rotatable bonds is 6. The molecule has 7 heteroatoms. The van der Waals surface area contributed by atoms with Gasteiger partial charge in [0.15, 0.2) is 0 Å². The van der Waals surface area contributed by atoms with Gasteiger partial charge in [0.2, 0.25) is 5.91 Å². The van der Waals surface area contributed by atoms with Crippen LogP contribution in [-0.4, -0.2) is 39.6 Å². The third-order valence-corrected chi connectivity index (χ3v) is 5.71. The van der Waals surface area contributed by atoms with Crippen molar-refractivity contribution in [1.29, 1.82) is 0 Å². The summed E-state index contributed by atoms with van der Waals surface area (Å²) in [6, 6.07) is 15.5. The van der Waals surface area contributed by atoms with E-state index in [1.807, 2.05) is 41.2 Å². The molecule has 1 aliphatic rings. The molecule has 0 bridgehead atoms. The summed E-state index contributed by atoms with van der Waals surface area (Å²) in [4.78, 5) is 27.0. The van der Waals surface area contributed by atoms with E-state index in [1.165, 1.54) is 24.3 Å². The predicted molar refractivity (Wildman–Crippen MR) is 115 cm³/mol. The Kier molecular flexibility index (Phi) is 6.40. The molecule has 2 aromatic carbocycles. The second kappa shape index (κ2) is 9.55. The molecule has 31 heavy (non-hydrogen) atoms. The number of piperidine rings is 1. The minimum Gasteiger partial charge on any atom is -0.352 e. The Morgan fingerprint density at radius 3 is 2.39 bits per heavy atom. The Bertz CT molecular complexity index is 1030. The van der Waals surface area contributed by atoms with Crippen LogP contribution in [0.4, 0.5) is 4.39 Å². The molecule has 160 valence electrons. The Labute approximate surface area is 180 Å². The van der Waals surface area contributed by atoms with E-state index in [4.69, 9.17) is 0 Å². The minimum absolute atomic E-state index is 0.0165. The number of benzene rings is 2. The van der Waals surface area contributed by atoms with Gasteiger partial charge in [-0.3, -0.25) is 14.3 Å². The molecular formula is C24H25FN4O2. The van der Waals surface area contributed by atoms with Gasteiger partial charge < -0.3 is 10.2 Å². The van der Waals surface area contributed by atoms with Gasteiger partial charge in [0.05, 0.1) is 6.54 Å². The van der Waals surface area contributed by atoms with Crippen LogP contribution in [-0.2, 0) is 17.9 Å². The molecule has 0 unspecified atom stereocenters. The van der Waals surface area contributed by atoms with E-state index >= 15 is 0 Å². The molecule has 6 nitrogen and oxygen atoms in total. The number of hydrogen-bond acceptors (Lipinski definition) is 3. The van der Waals surface area contributed by atoms with Gasteiger partial charge in [-0.25, -0.2) is 4.39 Å². The smallest absolute Gasteiger partial charge is 0.253 e. The number of halogens is 1. The van der Waals surface area contributed by atoms with E-state index in [9.17, 15) is 14.0 Å². The summed E-state index contributed by atoms with van der Waals surface area (Å²) in [5.74, 6) is -0.581. The van der Waals surface area contributed by atoms with E-state index in [0.29, 0.717) is 44.6 Å². The zero-order valence-electron chi connectivity index (χ0n) is 17.2. The highest BCUT2D eigenvalue weighted by molar-refractivity contribution is 5.94. The van der Waals surface area contributed by atoms with Crippen molar-refractivity contribution in [3.8, 4) is 0 Å². The highest BCUT2D eigenvalue weighted by Gasteiger charge is 2.27. The van der Waals surface area contributed by atoms with Gasteiger partial charge in [0.25, 0.3) is 5.91 Å². The first-order valence-electron chi connectivity index (χ1n) is 10.5. The highest BCUT2D eigenvalue weighted by Crippen LogP contribution is 2.20. The molecule has 1 saturated heterocycles. The molecule has 1 fully saturated rings. The average Bonchev–Trinajstić information content (AvgIpc) is 3.31. The first-order chi connectivity index (χ1) is 15.1. The van der Waals surface area contributed by atoms with E-state index in [2.05, 4.69) is 10.4 Å². The molecule has 2 heterocycles. The number of carbonyl (C=O) groups excluding carboxylic acids is 2. The molecule has 0 atom stereocenters. The summed E-state index contributed by atoms with van der Waals surface area (Å²) < 4.78 is 14.9. The number of nitrogens with one attached hydrogen (secondary N) is 1. The lowest BCUT2D eigenvalue weighted by molar-refractivity contribution is -0.126. The molecule has 0 aliphatic carbocycles. The summed E-state index contributed by atoms with van der Waals surface area (Å²) in [7, 11) is 0. The summed E-state index contributed by atoms with van der Waals surface area (Å²) >= 11 is 0. The van der Waals surface area contributed by atoms with Crippen molar-refractivity contribution in [2.45, 2.75) is 25.9 Å². The first kappa shape index (κ1) is 20.8. The average molecular weight is 420 g/mol. The summed E-state index contributed by atoms with van der Waals surface area (Å²) in [5.41, 5.74) is 2.65. The minimum atomic E-state index is -0.363. The van der Waals surface area contributed by atoms with Gasteiger partial charge in [0.1, 0.15) is 5.82 Å². The van der Waals surface area contributed by atoms with Crippen LogP contribution in [0.3, 0.4) is 0 Å². The molecular weight excluding hydrogens is 395 g/mol. The fourth-order valence-corrected chi connectivity index (χ4v) is 3.90. The number of aromatic nitrogens is 2. The lowest BCUT2D eigenvalue weighted by atomic mass is 9.95. The van der Waals surface area contributed by atoms with Crippen LogP contribution in [0.1, 0.15) is 34.3 Å². The number of likely N-dealkylation sites (tertiary alicyclic amines) is 1. The van der Waals surface area contributed by atoms with Gasteiger partial charge in [-0.05, 0) is 54.3 Å². The van der Waals surface area contributed by atoms with Crippen LogP contribution in [0, 0.1) is 11.7 Å². The quantitative estimate of drug-likeness (QED) is 0.666. The van der Waals surface area contributed by atoms with Crippen molar-refractivity contribution >= 4 is 11.8 Å². The molecule has 1 aliphatic heterocycles. The molecule has 4 rings (SSSR count). The van der Waals surface area contributed by atoms with Gasteiger partial charge >= 0.3 is 0 Å². The summed E-state index contributed by atoms with van der Waals surface area (Å²) in [5, 5.41) is 7.30. The maximum absolute atomic E-state index is 13.1. The van der Waals surface area contributed by atoms with Crippen LogP contribution in [0.25, 0.3) is 0 Å². The summed E-state index contributed by atoms with van der Waals surface area (Å²) in [6.45, 7) is 2.16. The Hall–Kier alpha value is -3.48. The monoisotopic (exact) mass is 420 g/mol. The van der Waals surface area contributed by atoms with Crippen molar-refractivity contribution in [2.75, 3.05) is 13.1 Å². The largest absolute Gasteiger partial charge is 0.352 e. The topological polar surface area (TPSA) is 67.2 Å². The fraction of sp³-hybridized carbons (Fsp3) is 0.292. The van der Waals surface area contributed by atoms with Gasteiger partial charge in [-0.2, -0.15) is 5.10 Å². The van der Waals surface area contributed by atoms with Crippen LogP contribution in [0.15, 0.2) is 67.0 Å². The van der Waals surface area contributed by atoms with Crippen LogP contribution >= 0.6 is 0 Å². The second-order valence-corrected chi connectivity index (χ2v) is 7.76. The molecule has 1 aromatic heterocycles. The number of hydrogen-bond donors (Lipinski definition) is 1.